The van der Waals surface area contributed by atoms with Crippen LogP contribution >= 0.6 is 0 Å². The highest BCUT2D eigenvalue weighted by atomic mass is 19.2. The highest BCUT2D eigenvalue weighted by Gasteiger charge is 2.39. The van der Waals surface area contributed by atoms with Gasteiger partial charge in [0.2, 0.25) is 16.6 Å². The molecule has 0 aliphatic carbocycles. The fraction of sp³-hybridized carbons (Fsp3) is 0.360. The number of nitrogens with zero attached hydrogens (tertiary/aromatic N) is 2. The average molecular weight is 1010 g/mol. The number of halogens is 6. The number of aromatic hydroxyl groups is 1. The molecule has 2 aromatic heterocycles. The first-order chi connectivity index (χ1) is 34.3. The van der Waals surface area contributed by atoms with Gasteiger partial charge >= 0.3 is 5.97 Å². The maximum atomic E-state index is 13.8. The van der Waals surface area contributed by atoms with E-state index in [1.54, 1.807) is 35.2 Å². The fourth-order valence-corrected chi connectivity index (χ4v) is 8.19. The smallest absolute Gasteiger partial charge is 0.378 e. The summed E-state index contributed by atoms with van der Waals surface area (Å²) in [4.78, 5) is 76.8. The number of amides is 3. The Hall–Kier alpha value is -7.46. The SMILES string of the molecule is COC(=O)c1occ(C(=O)NCc2c(F)cc(F)cc2F)c(=O)c1OCc1ccccc1.C[C@H]1CCCN2CC1n1cc(C(=O)NCc3c(F)cc(F)cc3F)c(=O)c(O)c1C2=O.C[C@H]1CCCNCC1N. The summed E-state index contributed by atoms with van der Waals surface area (Å²) in [5.41, 5.74) is 2.06. The zero-order chi connectivity index (χ0) is 52.4. The van der Waals surface area contributed by atoms with E-state index in [2.05, 4.69) is 27.6 Å². The largest absolute Gasteiger partial charge is 0.503 e. The summed E-state index contributed by atoms with van der Waals surface area (Å²) in [5, 5.41) is 18.1. The minimum Gasteiger partial charge on any atom is -0.503 e. The molecule has 3 aliphatic rings. The van der Waals surface area contributed by atoms with E-state index < -0.39 is 122 Å². The van der Waals surface area contributed by atoms with E-state index >= 15 is 0 Å². The number of pyridine rings is 1. The molecule has 22 heteroatoms. The molecule has 2 bridgehead atoms. The number of esters is 1. The summed E-state index contributed by atoms with van der Waals surface area (Å²) in [5.74, 6) is -11.6. The van der Waals surface area contributed by atoms with Crippen LogP contribution in [0.1, 0.15) is 104 Å². The van der Waals surface area contributed by atoms with E-state index in [0.717, 1.165) is 33.0 Å². The molecule has 0 radical (unpaired) electrons. The van der Waals surface area contributed by atoms with Gasteiger partial charge in [0.1, 0.15) is 58.9 Å². The molecule has 2 saturated heterocycles. The summed E-state index contributed by atoms with van der Waals surface area (Å²) in [6, 6.07) is 10.7. The molecule has 72 heavy (non-hydrogen) atoms. The van der Waals surface area contributed by atoms with E-state index in [-0.39, 0.29) is 24.3 Å². The lowest BCUT2D eigenvalue weighted by Gasteiger charge is -2.36. The number of carbonyl (C=O) groups is 4. The van der Waals surface area contributed by atoms with E-state index in [0.29, 0.717) is 61.1 Å². The highest BCUT2D eigenvalue weighted by molar-refractivity contribution is 5.99. The zero-order valence-corrected chi connectivity index (χ0v) is 39.3. The number of hydrogen-bond acceptors (Lipinski definition) is 12. The molecule has 16 nitrogen and oxygen atoms in total. The Morgan fingerprint density at radius 1 is 0.819 bits per heavy atom. The molecule has 384 valence electrons. The molecule has 5 heterocycles. The van der Waals surface area contributed by atoms with Crippen molar-refractivity contribution in [3.05, 3.63) is 162 Å². The second kappa shape index (κ2) is 24.1. The lowest BCUT2D eigenvalue weighted by molar-refractivity contribution is 0.0551. The number of ether oxygens (including phenoxy) is 2. The van der Waals surface area contributed by atoms with Gasteiger partial charge in [-0.15, -0.1) is 0 Å². The number of methoxy groups -OCH3 is 1. The normalized spacial score (nSPS) is 18.1. The van der Waals surface area contributed by atoms with Gasteiger partial charge in [0, 0.05) is 80.4 Å². The van der Waals surface area contributed by atoms with Gasteiger partial charge in [-0.2, -0.15) is 0 Å². The van der Waals surface area contributed by atoms with Gasteiger partial charge in [0.05, 0.1) is 13.2 Å². The van der Waals surface area contributed by atoms with Crippen LogP contribution in [0.25, 0.3) is 0 Å². The monoisotopic (exact) mass is 1010 g/mol. The van der Waals surface area contributed by atoms with Crippen LogP contribution in [0.5, 0.6) is 11.5 Å². The molecule has 0 spiro atoms. The molecule has 0 saturated carbocycles. The molecule has 6 N–H and O–H groups in total. The van der Waals surface area contributed by atoms with Gasteiger partial charge in [-0.3, -0.25) is 24.0 Å². The summed E-state index contributed by atoms with van der Waals surface area (Å²) in [7, 11) is 1.07. The highest BCUT2D eigenvalue weighted by Crippen LogP contribution is 2.35. The second-order valence-corrected chi connectivity index (χ2v) is 17.4. The van der Waals surface area contributed by atoms with Crippen molar-refractivity contribution < 1.29 is 64.5 Å². The number of nitrogens with two attached hydrogens (primary N) is 1. The Balaban J connectivity index is 0.000000200. The zero-order valence-electron chi connectivity index (χ0n) is 39.3. The van der Waals surface area contributed by atoms with Crippen molar-refractivity contribution in [1.29, 1.82) is 0 Å². The topological polar surface area (TPSA) is 225 Å². The number of nitrogens with one attached hydrogen (secondary N) is 3. The van der Waals surface area contributed by atoms with E-state index in [9.17, 15) is 60.2 Å². The van der Waals surface area contributed by atoms with Crippen LogP contribution < -0.4 is 37.3 Å². The number of carbonyl (C=O) groups excluding carboxylic acids is 4. The van der Waals surface area contributed by atoms with Crippen LogP contribution in [0.3, 0.4) is 0 Å². The van der Waals surface area contributed by atoms with Crippen LogP contribution in [-0.2, 0) is 24.4 Å². The lowest BCUT2D eigenvalue weighted by atomic mass is 9.95. The standard InChI is InChI=1S/C22H16F3NO6.C21H20F3N3O4.C7H16N2/c1-30-22(29)20-19(31-10-12-5-3-2-4-6-12)18(27)15(11-32-20)21(28)26-9-14-16(24)7-13(23)8-17(14)25;1-10-3-2-4-26-9-16(10)27-8-13(18(28)19(29)17(27)21(26)31)20(30)25-7-12-14(23)5-11(22)6-15(12)24;1-6-3-2-4-9-5-7(6)8/h2-8,11H,9-10H2,1H3,(H,26,28);5-6,8,10,16,29H,2-4,7,9H2,1H3,(H,25,30);6-7,9H,2-5,8H2,1H3/t;10-,16?;6-,7?/m.00/s1. The Labute approximate surface area is 408 Å². The number of fused-ring (bicyclic) bond motifs is 4. The second-order valence-electron chi connectivity index (χ2n) is 17.4. The summed E-state index contributed by atoms with van der Waals surface area (Å²) < 4.78 is 97.8. The van der Waals surface area contributed by atoms with Crippen LogP contribution in [0.15, 0.2) is 81.1 Å². The van der Waals surface area contributed by atoms with E-state index in [1.165, 1.54) is 23.6 Å². The maximum absolute atomic E-state index is 13.8. The summed E-state index contributed by atoms with van der Waals surface area (Å²) >= 11 is 0. The number of hydrogen-bond donors (Lipinski definition) is 5. The minimum absolute atomic E-state index is 0.118. The van der Waals surface area contributed by atoms with Gasteiger partial charge in [0.25, 0.3) is 23.5 Å². The van der Waals surface area contributed by atoms with Crippen molar-refractivity contribution in [3.8, 4) is 11.5 Å². The number of aromatic nitrogens is 1. The third-order valence-electron chi connectivity index (χ3n) is 12.4. The number of benzene rings is 3. The van der Waals surface area contributed by atoms with Gasteiger partial charge in [-0.25, -0.2) is 31.1 Å². The van der Waals surface area contributed by atoms with Crippen molar-refractivity contribution in [1.82, 2.24) is 25.4 Å². The Morgan fingerprint density at radius 3 is 1.97 bits per heavy atom. The molecular weight excluding hydrogens is 959 g/mol. The minimum atomic E-state index is -1.21. The maximum Gasteiger partial charge on any atom is 0.378 e. The van der Waals surface area contributed by atoms with Crippen molar-refractivity contribution in [2.75, 3.05) is 33.3 Å². The molecule has 5 aromatic rings. The Bertz CT molecular complexity index is 2880. The third kappa shape index (κ3) is 12.7. The first-order valence-corrected chi connectivity index (χ1v) is 22.8. The predicted molar refractivity (Wildman–Crippen MR) is 247 cm³/mol. The summed E-state index contributed by atoms with van der Waals surface area (Å²) in [6.45, 7) is 5.86. The van der Waals surface area contributed by atoms with Gasteiger partial charge < -0.3 is 50.1 Å². The molecule has 2 unspecified atom stereocenters. The molecule has 3 amide bonds. The Morgan fingerprint density at radius 2 is 1.39 bits per heavy atom. The third-order valence-corrected chi connectivity index (χ3v) is 12.4. The summed E-state index contributed by atoms with van der Waals surface area (Å²) in [6.07, 6.45) is 6.10. The van der Waals surface area contributed by atoms with Crippen LogP contribution in [0.4, 0.5) is 26.3 Å². The number of rotatable bonds is 10. The molecule has 3 aromatic carbocycles. The molecule has 8 rings (SSSR count). The van der Waals surface area contributed by atoms with E-state index in [1.807, 2.05) is 6.92 Å². The van der Waals surface area contributed by atoms with Crippen LogP contribution in [0, 0.1) is 46.7 Å². The molecular formula is C50H52F6N6O10. The van der Waals surface area contributed by atoms with Crippen molar-refractivity contribution in [3.63, 3.8) is 0 Å². The quantitative estimate of drug-likeness (QED) is 0.0801. The van der Waals surface area contributed by atoms with Gasteiger partial charge in [0.15, 0.2) is 11.4 Å². The molecule has 4 atom stereocenters. The first-order valence-electron chi connectivity index (χ1n) is 22.8. The van der Waals surface area contributed by atoms with Crippen molar-refractivity contribution >= 4 is 23.7 Å². The van der Waals surface area contributed by atoms with Crippen LogP contribution in [-0.4, -0.2) is 77.6 Å². The van der Waals surface area contributed by atoms with E-state index in [4.69, 9.17) is 14.9 Å². The van der Waals surface area contributed by atoms with Crippen molar-refractivity contribution in [2.45, 2.75) is 71.3 Å². The first kappa shape index (κ1) is 53.9. The average Bonchev–Trinajstić information content (AvgIpc) is 3.64. The lowest BCUT2D eigenvalue weighted by Crippen LogP contribution is -2.45. The molecule has 2 fully saturated rings. The van der Waals surface area contributed by atoms with Gasteiger partial charge in [-0.05, 0) is 49.6 Å². The van der Waals surface area contributed by atoms with Gasteiger partial charge in [-0.1, -0.05) is 44.2 Å². The van der Waals surface area contributed by atoms with Crippen molar-refractivity contribution in [2.24, 2.45) is 17.6 Å². The van der Waals surface area contributed by atoms with Crippen LogP contribution in [0.2, 0.25) is 0 Å². The predicted octanol–water partition coefficient (Wildman–Crippen LogP) is 6.01. The fourth-order valence-electron chi connectivity index (χ4n) is 8.19. The Kier molecular flexibility index (Phi) is 18.0. The molecule has 3 aliphatic heterocycles.